The number of aromatic nitrogens is 1. The maximum atomic E-state index is 11.6. The van der Waals surface area contributed by atoms with Crippen molar-refractivity contribution in [2.24, 2.45) is 0 Å². The number of carbonyl (C=O) groups excluding carboxylic acids is 1. The first-order valence-corrected chi connectivity index (χ1v) is 6.52. The molecule has 2 aromatic heterocycles. The van der Waals surface area contributed by atoms with E-state index in [1.807, 2.05) is 6.92 Å². The molecule has 2 N–H and O–H groups in total. The van der Waals surface area contributed by atoms with E-state index >= 15 is 0 Å². The van der Waals surface area contributed by atoms with E-state index < -0.39 is 12.1 Å². The Morgan fingerprint density at radius 1 is 1.55 bits per heavy atom. The first kappa shape index (κ1) is 14.0. The molecule has 0 aliphatic rings. The van der Waals surface area contributed by atoms with Crippen LogP contribution in [0.4, 0.5) is 10.5 Å². The van der Waals surface area contributed by atoms with Crippen LogP contribution in [0.3, 0.4) is 0 Å². The zero-order chi connectivity index (χ0) is 14.7. The number of carboxylic acid groups (broad SMARTS) is 1. The predicted molar refractivity (Wildman–Crippen MR) is 76.5 cm³/mol. The topological polar surface area (TPSA) is 88.5 Å². The Kier molecular flexibility index (Phi) is 3.99. The van der Waals surface area contributed by atoms with Gasteiger partial charge in [-0.25, -0.2) is 14.6 Å². The van der Waals surface area contributed by atoms with Gasteiger partial charge in [0, 0.05) is 11.1 Å². The van der Waals surface area contributed by atoms with Gasteiger partial charge in [-0.1, -0.05) is 12.7 Å². The van der Waals surface area contributed by atoms with E-state index in [-0.39, 0.29) is 17.2 Å². The average molecular weight is 292 g/mol. The summed E-state index contributed by atoms with van der Waals surface area (Å²) in [5.74, 6) is -1.12. The summed E-state index contributed by atoms with van der Waals surface area (Å²) in [5, 5.41) is 12.2. The molecule has 1 amide bonds. The smallest absolute Gasteiger partial charge is 0.412 e. The molecular weight excluding hydrogens is 280 g/mol. The number of pyridine rings is 1. The van der Waals surface area contributed by atoms with E-state index in [9.17, 15) is 14.7 Å². The van der Waals surface area contributed by atoms with E-state index in [1.165, 1.54) is 6.08 Å². The lowest BCUT2D eigenvalue weighted by Gasteiger charge is -2.05. The summed E-state index contributed by atoms with van der Waals surface area (Å²) in [7, 11) is 0. The van der Waals surface area contributed by atoms with Crippen molar-refractivity contribution in [2.75, 3.05) is 11.9 Å². The Hall–Kier alpha value is -2.41. The third-order valence-electron chi connectivity index (χ3n) is 2.45. The highest BCUT2D eigenvalue weighted by molar-refractivity contribution is 7.21. The number of anilines is 1. The maximum Gasteiger partial charge on any atom is 0.412 e. The van der Waals surface area contributed by atoms with Gasteiger partial charge in [0.05, 0.1) is 5.69 Å². The van der Waals surface area contributed by atoms with Gasteiger partial charge in [0.1, 0.15) is 16.3 Å². The van der Waals surface area contributed by atoms with E-state index in [0.717, 1.165) is 17.0 Å². The highest BCUT2D eigenvalue weighted by atomic mass is 32.1. The zero-order valence-corrected chi connectivity index (χ0v) is 11.5. The summed E-state index contributed by atoms with van der Waals surface area (Å²) in [6.07, 6.45) is 0.696. The van der Waals surface area contributed by atoms with Crippen LogP contribution < -0.4 is 5.32 Å². The van der Waals surface area contributed by atoms with Crippen LogP contribution in [0.2, 0.25) is 0 Å². The molecule has 0 aliphatic carbocycles. The van der Waals surface area contributed by atoms with Gasteiger partial charge in [0.2, 0.25) is 0 Å². The largest absolute Gasteiger partial charge is 0.477 e. The minimum absolute atomic E-state index is 0.0219. The summed E-state index contributed by atoms with van der Waals surface area (Å²) in [4.78, 5) is 27.6. The zero-order valence-electron chi connectivity index (χ0n) is 10.7. The van der Waals surface area contributed by atoms with Crippen molar-refractivity contribution >= 4 is 39.3 Å². The molecule has 2 heterocycles. The fourth-order valence-electron chi connectivity index (χ4n) is 1.62. The summed E-state index contributed by atoms with van der Waals surface area (Å²) < 4.78 is 4.80. The molecule has 0 radical (unpaired) electrons. The van der Waals surface area contributed by atoms with E-state index in [0.29, 0.717) is 10.2 Å². The van der Waals surface area contributed by atoms with Gasteiger partial charge >= 0.3 is 12.1 Å². The molecule has 104 valence electrons. The van der Waals surface area contributed by atoms with Gasteiger partial charge in [-0.2, -0.15) is 0 Å². The van der Waals surface area contributed by atoms with Crippen LogP contribution in [-0.2, 0) is 4.74 Å². The lowest BCUT2D eigenvalue weighted by molar-refractivity contribution is 0.0703. The number of nitrogens with one attached hydrogen (secondary N) is 1. The third-order valence-corrected chi connectivity index (χ3v) is 3.54. The fourth-order valence-corrected chi connectivity index (χ4v) is 2.63. The van der Waals surface area contributed by atoms with Gasteiger partial charge < -0.3 is 9.84 Å². The second-order valence-corrected chi connectivity index (χ2v) is 4.93. The number of nitrogens with zero attached hydrogens (tertiary/aromatic N) is 1. The highest BCUT2D eigenvalue weighted by Gasteiger charge is 2.20. The maximum absolute atomic E-state index is 11.6. The lowest BCUT2D eigenvalue weighted by atomic mass is 10.2. The number of carboxylic acids is 1. The average Bonchev–Trinajstić information content (AvgIpc) is 2.74. The molecule has 0 atom stereocenters. The molecule has 0 saturated carbocycles. The van der Waals surface area contributed by atoms with Crippen molar-refractivity contribution in [1.82, 2.24) is 4.98 Å². The highest BCUT2D eigenvalue weighted by Crippen LogP contribution is 2.35. The molecule has 7 heteroatoms. The Morgan fingerprint density at radius 2 is 2.30 bits per heavy atom. The first-order valence-electron chi connectivity index (χ1n) is 5.71. The number of rotatable bonds is 4. The van der Waals surface area contributed by atoms with Crippen LogP contribution in [0.25, 0.3) is 10.2 Å². The monoisotopic (exact) mass is 292 g/mol. The van der Waals surface area contributed by atoms with Crippen LogP contribution in [-0.4, -0.2) is 28.8 Å². The number of hydrogen-bond acceptors (Lipinski definition) is 5. The molecule has 2 rings (SSSR count). The summed E-state index contributed by atoms with van der Waals surface area (Å²) in [6, 6.07) is 3.48. The van der Waals surface area contributed by atoms with Crippen molar-refractivity contribution in [3.63, 3.8) is 0 Å². The molecule has 6 nitrogen and oxygen atoms in total. The quantitative estimate of drug-likeness (QED) is 0.845. The number of thiophene rings is 1. The number of aromatic carboxylic acids is 1. The van der Waals surface area contributed by atoms with Crippen LogP contribution in [0.15, 0.2) is 24.8 Å². The van der Waals surface area contributed by atoms with Crippen LogP contribution in [0, 0.1) is 6.92 Å². The molecule has 2 aromatic rings. The summed E-state index contributed by atoms with van der Waals surface area (Å²) >= 11 is 1.01. The van der Waals surface area contributed by atoms with Crippen molar-refractivity contribution in [3.05, 3.63) is 35.4 Å². The van der Waals surface area contributed by atoms with Gasteiger partial charge in [-0.05, 0) is 19.1 Å². The van der Waals surface area contributed by atoms with Gasteiger partial charge in [-0.3, -0.25) is 5.32 Å². The fraction of sp³-hybridized carbons (Fsp3) is 0.154. The van der Waals surface area contributed by atoms with Crippen LogP contribution in [0.5, 0.6) is 0 Å². The minimum atomic E-state index is -1.12. The van der Waals surface area contributed by atoms with Crippen molar-refractivity contribution in [2.45, 2.75) is 6.92 Å². The third kappa shape index (κ3) is 2.77. The van der Waals surface area contributed by atoms with Gasteiger partial charge in [-0.15, -0.1) is 11.3 Å². The van der Waals surface area contributed by atoms with Gasteiger partial charge in [0.25, 0.3) is 0 Å². The second kappa shape index (κ2) is 5.70. The molecule has 0 spiro atoms. The normalized spacial score (nSPS) is 10.2. The van der Waals surface area contributed by atoms with E-state index in [4.69, 9.17) is 4.74 Å². The van der Waals surface area contributed by atoms with Crippen molar-refractivity contribution in [1.29, 1.82) is 0 Å². The molecule has 0 aromatic carbocycles. The van der Waals surface area contributed by atoms with Crippen molar-refractivity contribution in [3.8, 4) is 0 Å². The van der Waals surface area contributed by atoms with E-state index in [1.54, 1.807) is 12.1 Å². The molecule has 0 aliphatic heterocycles. The molecule has 0 saturated heterocycles. The van der Waals surface area contributed by atoms with Crippen LogP contribution >= 0.6 is 11.3 Å². The standard InChI is InChI=1S/C13H12N2O4S/c1-3-6-19-13(18)15-9-8-5-4-7(2)14-11(8)20-10(9)12(16)17/h3-5H,1,6H2,2H3,(H,15,18)(H,16,17). The number of carbonyl (C=O) groups is 2. The molecule has 0 unspecified atom stereocenters. The molecule has 0 fully saturated rings. The van der Waals surface area contributed by atoms with Gasteiger partial charge in [0.15, 0.2) is 0 Å². The summed E-state index contributed by atoms with van der Waals surface area (Å²) in [6.45, 7) is 5.29. The number of hydrogen-bond donors (Lipinski definition) is 2. The Labute approximate surface area is 118 Å². The second-order valence-electron chi connectivity index (χ2n) is 3.93. The summed E-state index contributed by atoms with van der Waals surface area (Å²) in [5.41, 5.74) is 0.982. The number of amides is 1. The predicted octanol–water partition coefficient (Wildman–Crippen LogP) is 3.04. The number of fused-ring (bicyclic) bond motifs is 1. The SMILES string of the molecule is C=CCOC(=O)Nc1c(C(=O)O)sc2nc(C)ccc12. The molecule has 20 heavy (non-hydrogen) atoms. The number of aryl methyl sites for hydroxylation is 1. The van der Waals surface area contributed by atoms with Crippen molar-refractivity contribution < 1.29 is 19.4 Å². The Bertz CT molecular complexity index is 693. The Balaban J connectivity index is 2.43. The first-order chi connectivity index (χ1) is 9.52. The van der Waals surface area contributed by atoms with E-state index in [2.05, 4.69) is 16.9 Å². The Morgan fingerprint density at radius 3 is 2.95 bits per heavy atom. The minimum Gasteiger partial charge on any atom is -0.477 e. The molecule has 0 bridgehead atoms. The molecular formula is C13H12N2O4S. The van der Waals surface area contributed by atoms with Crippen LogP contribution in [0.1, 0.15) is 15.4 Å². The lowest BCUT2D eigenvalue weighted by Crippen LogP contribution is -2.15. The number of ether oxygens (including phenoxy) is 1.